The summed E-state index contributed by atoms with van der Waals surface area (Å²) in [6.07, 6.45) is 2.00. The SMILES string of the molecule is CSc1ccc(Cl)c(C(=O)N2CCN(c3cccc(C)c3)C(C)C2)c1. The van der Waals surface area contributed by atoms with Crippen LogP contribution in [0.25, 0.3) is 0 Å². The number of hydrogen-bond donors (Lipinski definition) is 0. The van der Waals surface area contributed by atoms with Gasteiger partial charge in [-0.2, -0.15) is 0 Å². The van der Waals surface area contributed by atoms with Gasteiger partial charge in [0.05, 0.1) is 10.6 Å². The van der Waals surface area contributed by atoms with Crippen LogP contribution in [0.5, 0.6) is 0 Å². The second-order valence-electron chi connectivity index (χ2n) is 6.48. The second-order valence-corrected chi connectivity index (χ2v) is 7.77. The Morgan fingerprint density at radius 3 is 2.68 bits per heavy atom. The molecule has 3 nitrogen and oxygen atoms in total. The molecular weight excluding hydrogens is 352 g/mol. The summed E-state index contributed by atoms with van der Waals surface area (Å²) in [7, 11) is 0. The minimum atomic E-state index is 0.0247. The van der Waals surface area contributed by atoms with Crippen molar-refractivity contribution in [1.29, 1.82) is 0 Å². The number of aryl methyl sites for hydroxylation is 1. The average molecular weight is 375 g/mol. The molecule has 0 aromatic heterocycles. The molecule has 1 heterocycles. The highest BCUT2D eigenvalue weighted by Crippen LogP contribution is 2.26. The molecular formula is C20H23ClN2OS. The van der Waals surface area contributed by atoms with Gasteiger partial charge in [-0.15, -0.1) is 11.8 Å². The lowest BCUT2D eigenvalue weighted by molar-refractivity contribution is 0.0726. The number of piperazine rings is 1. The molecule has 1 aliphatic heterocycles. The van der Waals surface area contributed by atoms with E-state index < -0.39 is 0 Å². The van der Waals surface area contributed by atoms with E-state index in [1.54, 1.807) is 11.8 Å². The van der Waals surface area contributed by atoms with E-state index in [1.807, 2.05) is 29.4 Å². The maximum absolute atomic E-state index is 12.9. The number of carbonyl (C=O) groups is 1. The highest BCUT2D eigenvalue weighted by atomic mass is 35.5. The summed E-state index contributed by atoms with van der Waals surface area (Å²) in [6.45, 7) is 6.51. The largest absolute Gasteiger partial charge is 0.365 e. The molecule has 0 bridgehead atoms. The van der Waals surface area contributed by atoms with Crippen LogP contribution in [0, 0.1) is 6.92 Å². The molecule has 1 fully saturated rings. The molecule has 1 aliphatic rings. The fraction of sp³-hybridized carbons (Fsp3) is 0.350. The van der Waals surface area contributed by atoms with Crippen molar-refractivity contribution in [1.82, 2.24) is 4.90 Å². The van der Waals surface area contributed by atoms with E-state index in [9.17, 15) is 4.79 Å². The van der Waals surface area contributed by atoms with E-state index in [1.165, 1.54) is 11.3 Å². The monoisotopic (exact) mass is 374 g/mol. The summed E-state index contributed by atoms with van der Waals surface area (Å²) in [4.78, 5) is 18.3. The fourth-order valence-corrected chi connectivity index (χ4v) is 3.94. The van der Waals surface area contributed by atoms with Crippen molar-refractivity contribution >= 4 is 35.0 Å². The smallest absolute Gasteiger partial charge is 0.255 e. The van der Waals surface area contributed by atoms with Gasteiger partial charge in [-0.25, -0.2) is 0 Å². The molecule has 0 radical (unpaired) electrons. The van der Waals surface area contributed by atoms with Crippen molar-refractivity contribution in [2.45, 2.75) is 24.8 Å². The molecule has 0 spiro atoms. The van der Waals surface area contributed by atoms with Crippen LogP contribution < -0.4 is 4.90 Å². The van der Waals surface area contributed by atoms with Crippen molar-refractivity contribution in [3.05, 3.63) is 58.6 Å². The Kier molecular flexibility index (Phi) is 5.60. The molecule has 1 amide bonds. The summed E-state index contributed by atoms with van der Waals surface area (Å²) in [5.41, 5.74) is 3.08. The Morgan fingerprint density at radius 2 is 2.00 bits per heavy atom. The summed E-state index contributed by atoms with van der Waals surface area (Å²) < 4.78 is 0. The van der Waals surface area contributed by atoms with Gasteiger partial charge in [0.15, 0.2) is 0 Å². The molecule has 3 rings (SSSR count). The van der Waals surface area contributed by atoms with Gasteiger partial charge in [-0.3, -0.25) is 4.79 Å². The number of nitrogens with zero attached hydrogens (tertiary/aromatic N) is 2. The maximum atomic E-state index is 12.9. The number of anilines is 1. The number of thioether (sulfide) groups is 1. The van der Waals surface area contributed by atoms with Gasteiger partial charge < -0.3 is 9.80 Å². The second kappa shape index (κ2) is 7.71. The number of halogens is 1. The van der Waals surface area contributed by atoms with E-state index in [4.69, 9.17) is 11.6 Å². The van der Waals surface area contributed by atoms with Crippen LogP contribution in [0.3, 0.4) is 0 Å². The number of carbonyl (C=O) groups excluding carboxylic acids is 1. The van der Waals surface area contributed by atoms with E-state index in [2.05, 4.69) is 43.0 Å². The third kappa shape index (κ3) is 3.96. The Labute approximate surface area is 159 Å². The van der Waals surface area contributed by atoms with Crippen molar-refractivity contribution in [2.75, 3.05) is 30.8 Å². The van der Waals surface area contributed by atoms with Crippen LogP contribution in [0.15, 0.2) is 47.4 Å². The van der Waals surface area contributed by atoms with E-state index in [-0.39, 0.29) is 11.9 Å². The lowest BCUT2D eigenvalue weighted by Gasteiger charge is -2.41. The zero-order valence-electron chi connectivity index (χ0n) is 14.8. The van der Waals surface area contributed by atoms with Crippen molar-refractivity contribution < 1.29 is 4.79 Å². The molecule has 1 atom stereocenters. The van der Waals surface area contributed by atoms with Crippen LogP contribution in [-0.4, -0.2) is 42.7 Å². The standard InChI is InChI=1S/C20H23ClN2OS/c1-14-5-4-6-16(11-14)23-10-9-22(13-15(23)2)20(24)18-12-17(25-3)7-8-19(18)21/h4-8,11-12,15H,9-10,13H2,1-3H3. The normalized spacial score (nSPS) is 17.7. The molecule has 1 saturated heterocycles. The Balaban J connectivity index is 1.75. The highest BCUT2D eigenvalue weighted by molar-refractivity contribution is 7.98. The fourth-order valence-electron chi connectivity index (χ4n) is 3.30. The average Bonchev–Trinajstić information content (AvgIpc) is 2.61. The predicted molar refractivity (Wildman–Crippen MR) is 107 cm³/mol. The van der Waals surface area contributed by atoms with Crippen LogP contribution in [0.2, 0.25) is 5.02 Å². The third-order valence-corrected chi connectivity index (χ3v) is 5.71. The molecule has 2 aromatic rings. The van der Waals surface area contributed by atoms with Crippen molar-refractivity contribution in [3.63, 3.8) is 0 Å². The Hall–Kier alpha value is -1.65. The van der Waals surface area contributed by atoms with E-state index in [0.29, 0.717) is 23.7 Å². The van der Waals surface area contributed by atoms with Gasteiger partial charge in [-0.1, -0.05) is 23.7 Å². The molecule has 0 N–H and O–H groups in total. The first-order chi connectivity index (χ1) is 12.0. The number of rotatable bonds is 3. The number of hydrogen-bond acceptors (Lipinski definition) is 3. The maximum Gasteiger partial charge on any atom is 0.255 e. The summed E-state index contributed by atoms with van der Waals surface area (Å²) in [5, 5.41) is 0.525. The predicted octanol–water partition coefficient (Wildman–Crippen LogP) is 4.72. The minimum Gasteiger partial charge on any atom is -0.365 e. The zero-order valence-corrected chi connectivity index (χ0v) is 16.4. The number of benzene rings is 2. The topological polar surface area (TPSA) is 23.6 Å². The van der Waals surface area contributed by atoms with Crippen LogP contribution in [0.1, 0.15) is 22.8 Å². The lowest BCUT2D eigenvalue weighted by Crippen LogP contribution is -2.53. The molecule has 132 valence electrons. The molecule has 2 aromatic carbocycles. The molecule has 1 unspecified atom stereocenters. The van der Waals surface area contributed by atoms with Gasteiger partial charge in [0.25, 0.3) is 5.91 Å². The van der Waals surface area contributed by atoms with E-state index >= 15 is 0 Å². The first-order valence-electron chi connectivity index (χ1n) is 8.45. The molecule has 5 heteroatoms. The summed E-state index contributed by atoms with van der Waals surface area (Å²) >= 11 is 7.90. The Morgan fingerprint density at radius 1 is 1.20 bits per heavy atom. The number of amides is 1. The van der Waals surface area contributed by atoms with Gasteiger partial charge in [0, 0.05) is 36.3 Å². The first kappa shape index (κ1) is 18.2. The molecule has 0 aliphatic carbocycles. The Bertz CT molecular complexity index is 780. The van der Waals surface area contributed by atoms with E-state index in [0.717, 1.165) is 11.4 Å². The van der Waals surface area contributed by atoms with Crippen molar-refractivity contribution in [2.24, 2.45) is 0 Å². The molecule has 0 saturated carbocycles. The summed E-state index contributed by atoms with van der Waals surface area (Å²) in [6, 6.07) is 14.5. The quantitative estimate of drug-likeness (QED) is 0.726. The van der Waals surface area contributed by atoms with Gasteiger partial charge in [0.1, 0.15) is 0 Å². The highest BCUT2D eigenvalue weighted by Gasteiger charge is 2.28. The zero-order chi connectivity index (χ0) is 18.0. The van der Waals surface area contributed by atoms with Gasteiger partial charge >= 0.3 is 0 Å². The molecule has 25 heavy (non-hydrogen) atoms. The summed E-state index contributed by atoms with van der Waals surface area (Å²) in [5.74, 6) is 0.0247. The van der Waals surface area contributed by atoms with Crippen LogP contribution in [0.4, 0.5) is 5.69 Å². The third-order valence-electron chi connectivity index (χ3n) is 4.65. The van der Waals surface area contributed by atoms with Crippen LogP contribution in [-0.2, 0) is 0 Å². The van der Waals surface area contributed by atoms with Crippen LogP contribution >= 0.6 is 23.4 Å². The first-order valence-corrected chi connectivity index (χ1v) is 10.1. The van der Waals surface area contributed by atoms with Crippen molar-refractivity contribution in [3.8, 4) is 0 Å². The van der Waals surface area contributed by atoms with Gasteiger partial charge in [-0.05, 0) is 56.0 Å². The minimum absolute atomic E-state index is 0.0247. The van der Waals surface area contributed by atoms with Gasteiger partial charge in [0.2, 0.25) is 0 Å². The lowest BCUT2D eigenvalue weighted by atomic mass is 10.1.